The summed E-state index contributed by atoms with van der Waals surface area (Å²) in [6, 6.07) is 49.0. The minimum Gasteiger partial charge on any atom is -0.309 e. The molecular formula is C44H26N6S. The zero-order valence-corrected chi connectivity index (χ0v) is 27.9. The molecule has 0 N–H and O–H groups in total. The van der Waals surface area contributed by atoms with Gasteiger partial charge in [-0.3, -0.25) is 9.55 Å². The van der Waals surface area contributed by atoms with Crippen LogP contribution in [0.1, 0.15) is 0 Å². The minimum absolute atomic E-state index is 0.913. The van der Waals surface area contributed by atoms with Gasteiger partial charge in [-0.25, -0.2) is 15.0 Å². The van der Waals surface area contributed by atoms with Crippen molar-refractivity contribution in [2.75, 3.05) is 0 Å². The first kappa shape index (κ1) is 28.2. The molecule has 238 valence electrons. The maximum Gasteiger partial charge on any atom is 0.145 e. The van der Waals surface area contributed by atoms with Gasteiger partial charge < -0.3 is 4.57 Å². The van der Waals surface area contributed by atoms with Gasteiger partial charge in [-0.15, -0.1) is 11.3 Å². The molecule has 7 heterocycles. The first-order valence-corrected chi connectivity index (χ1v) is 17.7. The Labute approximate surface area is 295 Å². The van der Waals surface area contributed by atoms with E-state index in [-0.39, 0.29) is 0 Å². The second-order valence-electron chi connectivity index (χ2n) is 12.8. The van der Waals surface area contributed by atoms with Crippen LogP contribution in [-0.2, 0) is 0 Å². The summed E-state index contributed by atoms with van der Waals surface area (Å²) in [5.41, 5.74) is 12.3. The van der Waals surface area contributed by atoms with E-state index in [0.29, 0.717) is 0 Å². The van der Waals surface area contributed by atoms with Crippen molar-refractivity contribution in [3.63, 3.8) is 0 Å². The number of fused-ring (bicyclic) bond motifs is 9. The van der Waals surface area contributed by atoms with E-state index in [9.17, 15) is 0 Å². The fourth-order valence-corrected chi connectivity index (χ4v) is 8.54. The molecule has 0 radical (unpaired) electrons. The summed E-state index contributed by atoms with van der Waals surface area (Å²) >= 11 is 1.73. The number of pyridine rings is 4. The summed E-state index contributed by atoms with van der Waals surface area (Å²) < 4.78 is 6.79. The van der Waals surface area contributed by atoms with Gasteiger partial charge in [0, 0.05) is 62.6 Å². The fourth-order valence-electron chi connectivity index (χ4n) is 7.56. The van der Waals surface area contributed by atoms with Gasteiger partial charge in [-0.1, -0.05) is 60.7 Å². The Hall–Kier alpha value is -6.70. The molecule has 51 heavy (non-hydrogen) atoms. The number of benzene rings is 4. The molecule has 0 aliphatic heterocycles. The van der Waals surface area contributed by atoms with Crippen molar-refractivity contribution in [2.45, 2.75) is 0 Å². The highest BCUT2D eigenvalue weighted by Crippen LogP contribution is 2.38. The van der Waals surface area contributed by atoms with Gasteiger partial charge in [0.1, 0.15) is 16.7 Å². The van der Waals surface area contributed by atoms with E-state index in [1.54, 1.807) is 11.3 Å². The van der Waals surface area contributed by atoms with E-state index >= 15 is 0 Å². The fraction of sp³-hybridized carbons (Fsp3) is 0. The zero-order chi connectivity index (χ0) is 33.5. The smallest absolute Gasteiger partial charge is 0.145 e. The Morgan fingerprint density at radius 2 is 1.06 bits per heavy atom. The topological polar surface area (TPSA) is 61.4 Å². The van der Waals surface area contributed by atoms with E-state index in [0.717, 1.165) is 92.7 Å². The van der Waals surface area contributed by atoms with Crippen molar-refractivity contribution in [3.05, 3.63) is 158 Å². The lowest BCUT2D eigenvalue weighted by Gasteiger charge is -2.09. The second kappa shape index (κ2) is 10.9. The largest absolute Gasteiger partial charge is 0.309 e. The van der Waals surface area contributed by atoms with Crippen molar-refractivity contribution >= 4 is 75.5 Å². The number of hydrogen-bond acceptors (Lipinski definition) is 5. The first-order valence-electron chi connectivity index (χ1n) is 16.9. The van der Waals surface area contributed by atoms with Crippen LogP contribution in [0, 0.1) is 0 Å². The maximum absolute atomic E-state index is 5.28. The minimum atomic E-state index is 0.913. The summed E-state index contributed by atoms with van der Waals surface area (Å²) in [4.78, 5) is 19.8. The van der Waals surface area contributed by atoms with Crippen molar-refractivity contribution in [2.24, 2.45) is 0 Å². The lowest BCUT2D eigenvalue weighted by molar-refractivity contribution is 1.14. The van der Waals surface area contributed by atoms with Crippen LogP contribution >= 0.6 is 11.3 Å². The number of aromatic nitrogens is 6. The molecule has 0 unspecified atom stereocenters. The van der Waals surface area contributed by atoms with Gasteiger partial charge in [0.05, 0.1) is 37.3 Å². The van der Waals surface area contributed by atoms with Gasteiger partial charge in [0.25, 0.3) is 0 Å². The molecular weight excluding hydrogens is 645 g/mol. The molecule has 0 saturated carbocycles. The average Bonchev–Trinajstić information content (AvgIpc) is 3.85. The Morgan fingerprint density at radius 3 is 1.73 bits per heavy atom. The van der Waals surface area contributed by atoms with E-state index in [4.69, 9.17) is 15.0 Å². The van der Waals surface area contributed by atoms with Crippen LogP contribution < -0.4 is 0 Å². The molecule has 6 nitrogen and oxygen atoms in total. The molecule has 0 atom stereocenters. The summed E-state index contributed by atoms with van der Waals surface area (Å²) in [7, 11) is 0. The van der Waals surface area contributed by atoms with Crippen LogP contribution in [0.3, 0.4) is 0 Å². The van der Waals surface area contributed by atoms with Crippen molar-refractivity contribution < 1.29 is 0 Å². The predicted molar refractivity (Wildman–Crippen MR) is 210 cm³/mol. The van der Waals surface area contributed by atoms with Gasteiger partial charge in [0.2, 0.25) is 0 Å². The quantitative estimate of drug-likeness (QED) is 0.187. The molecule has 0 amide bonds. The zero-order valence-electron chi connectivity index (χ0n) is 27.1. The van der Waals surface area contributed by atoms with Gasteiger partial charge in [-0.05, 0) is 78.9 Å². The number of rotatable bonds is 4. The third-order valence-electron chi connectivity index (χ3n) is 9.88. The summed E-state index contributed by atoms with van der Waals surface area (Å²) in [6.45, 7) is 0. The third kappa shape index (κ3) is 4.28. The lowest BCUT2D eigenvalue weighted by atomic mass is 10.1. The van der Waals surface area contributed by atoms with Crippen LogP contribution in [-0.4, -0.2) is 29.1 Å². The van der Waals surface area contributed by atoms with Crippen molar-refractivity contribution in [1.82, 2.24) is 29.1 Å². The van der Waals surface area contributed by atoms with Gasteiger partial charge in [0.15, 0.2) is 0 Å². The molecule has 0 aliphatic carbocycles. The van der Waals surface area contributed by atoms with Crippen LogP contribution in [0.25, 0.3) is 98.1 Å². The monoisotopic (exact) mass is 670 g/mol. The van der Waals surface area contributed by atoms with E-state index in [1.807, 2.05) is 36.8 Å². The van der Waals surface area contributed by atoms with Crippen LogP contribution in [0.5, 0.6) is 0 Å². The highest BCUT2D eigenvalue weighted by atomic mass is 32.1. The number of hydrogen-bond donors (Lipinski definition) is 0. The molecule has 7 heteroatoms. The highest BCUT2D eigenvalue weighted by molar-refractivity contribution is 7.25. The van der Waals surface area contributed by atoms with Crippen LogP contribution in [0.2, 0.25) is 0 Å². The lowest BCUT2D eigenvalue weighted by Crippen LogP contribution is -1.95. The normalized spacial score (nSPS) is 11.9. The molecule has 0 saturated heterocycles. The summed E-state index contributed by atoms with van der Waals surface area (Å²) in [6.07, 6.45) is 5.68. The van der Waals surface area contributed by atoms with Crippen LogP contribution in [0.4, 0.5) is 0 Å². The number of thiophene rings is 1. The molecule has 0 bridgehead atoms. The summed E-state index contributed by atoms with van der Waals surface area (Å²) in [5, 5.41) is 4.59. The SMILES string of the molecule is c1ccc(-n2c3ccncc3c3ccc(-c4ccc5sc6ccc(-c7ccc8c9cccnc9n(-c9ccccc9)c8c7)nc6c5n4)cc32)cc1. The van der Waals surface area contributed by atoms with E-state index in [1.165, 1.54) is 5.39 Å². The van der Waals surface area contributed by atoms with Crippen LogP contribution in [0.15, 0.2) is 158 Å². The number of nitrogens with zero attached hydrogens (tertiary/aromatic N) is 6. The van der Waals surface area contributed by atoms with Gasteiger partial charge >= 0.3 is 0 Å². The molecule has 0 spiro atoms. The summed E-state index contributed by atoms with van der Waals surface area (Å²) in [5.74, 6) is 0. The molecule has 0 aliphatic rings. The average molecular weight is 671 g/mol. The highest BCUT2D eigenvalue weighted by Gasteiger charge is 2.17. The Morgan fingerprint density at radius 1 is 0.451 bits per heavy atom. The molecule has 11 aromatic rings. The van der Waals surface area contributed by atoms with Gasteiger partial charge in [-0.2, -0.15) is 0 Å². The first-order chi connectivity index (χ1) is 25.3. The molecule has 4 aromatic carbocycles. The van der Waals surface area contributed by atoms with Crippen molar-refractivity contribution in [3.8, 4) is 33.9 Å². The number of para-hydroxylation sites is 2. The predicted octanol–water partition coefficient (Wildman–Crippen LogP) is 11.2. The van der Waals surface area contributed by atoms with E-state index < -0.39 is 0 Å². The Bertz CT molecular complexity index is 2930. The molecule has 0 fully saturated rings. The van der Waals surface area contributed by atoms with E-state index in [2.05, 4.69) is 135 Å². The second-order valence-corrected chi connectivity index (χ2v) is 13.8. The third-order valence-corrected chi connectivity index (χ3v) is 11.0. The molecule has 7 aromatic heterocycles. The Balaban J connectivity index is 1.07. The standard InChI is InChI=1S/C44H26N6S/c1-3-8-29(9-4-1)49-37-21-23-45-26-34(37)32-16-14-27(24-38(32)49)35-17-19-40-42(47-35)43-41(51-40)20-18-36(48-43)28-13-15-31-33-12-7-22-46-44(33)50(39(31)25-28)30-10-5-2-6-11-30/h1-26H. The molecule has 11 rings (SSSR count). The van der Waals surface area contributed by atoms with Crippen molar-refractivity contribution in [1.29, 1.82) is 0 Å². The maximum atomic E-state index is 5.28. The Kier molecular flexibility index (Phi) is 6.02.